The summed E-state index contributed by atoms with van der Waals surface area (Å²) in [5.41, 5.74) is 1.04. The van der Waals surface area contributed by atoms with Crippen molar-refractivity contribution < 1.29 is 23.9 Å². The van der Waals surface area contributed by atoms with Crippen LogP contribution in [0, 0.1) is 5.92 Å². The molecule has 9 heteroatoms. The van der Waals surface area contributed by atoms with Crippen molar-refractivity contribution in [3.63, 3.8) is 0 Å². The SMILES string of the molecule is CCC(=O)NC(Cc1ccc(NC(=O)CC2CCCCC2)cc1)C(=O)N1CCN(C(=O)OC(C)(C)C)CC1. The van der Waals surface area contributed by atoms with Gasteiger partial charge in [-0.05, 0) is 57.2 Å². The van der Waals surface area contributed by atoms with E-state index >= 15 is 0 Å². The van der Waals surface area contributed by atoms with Crippen LogP contribution in [0.25, 0.3) is 0 Å². The number of carbonyl (C=O) groups is 4. The molecule has 0 spiro atoms. The van der Waals surface area contributed by atoms with Gasteiger partial charge in [-0.1, -0.05) is 38.3 Å². The molecule has 1 aromatic rings. The molecule has 2 N–H and O–H groups in total. The van der Waals surface area contributed by atoms with Gasteiger partial charge < -0.3 is 25.2 Å². The standard InChI is InChI=1S/C29H44N4O5/c1-5-25(34)31-24(27(36)32-15-17-33(18-16-32)28(37)38-29(2,3)4)19-22-11-13-23(14-12-22)30-26(35)20-21-9-7-6-8-10-21/h11-14,21,24H,5-10,15-20H2,1-4H3,(H,30,35)(H,31,34). The highest BCUT2D eigenvalue weighted by atomic mass is 16.6. The molecule has 0 aromatic heterocycles. The number of ether oxygens (including phenoxy) is 1. The topological polar surface area (TPSA) is 108 Å². The Balaban J connectivity index is 1.56. The first-order valence-electron chi connectivity index (χ1n) is 14.0. The van der Waals surface area contributed by atoms with Crippen molar-refractivity contribution in [2.75, 3.05) is 31.5 Å². The van der Waals surface area contributed by atoms with Crippen molar-refractivity contribution >= 4 is 29.5 Å². The zero-order chi connectivity index (χ0) is 27.7. The maximum Gasteiger partial charge on any atom is 0.410 e. The summed E-state index contributed by atoms with van der Waals surface area (Å²) >= 11 is 0. The van der Waals surface area contributed by atoms with E-state index in [9.17, 15) is 19.2 Å². The Morgan fingerprint density at radius 2 is 1.53 bits per heavy atom. The van der Waals surface area contributed by atoms with Gasteiger partial charge in [0.1, 0.15) is 11.6 Å². The van der Waals surface area contributed by atoms with Gasteiger partial charge in [-0.3, -0.25) is 14.4 Å². The molecule has 1 unspecified atom stereocenters. The van der Waals surface area contributed by atoms with Gasteiger partial charge in [-0.2, -0.15) is 0 Å². The Hall–Kier alpha value is -3.10. The summed E-state index contributed by atoms with van der Waals surface area (Å²) in [5, 5.41) is 5.85. The fourth-order valence-corrected chi connectivity index (χ4v) is 4.98. The van der Waals surface area contributed by atoms with Gasteiger partial charge in [0.05, 0.1) is 0 Å². The molecule has 38 heavy (non-hydrogen) atoms. The second-order valence-electron chi connectivity index (χ2n) is 11.4. The zero-order valence-electron chi connectivity index (χ0n) is 23.4. The fourth-order valence-electron chi connectivity index (χ4n) is 4.98. The predicted octanol–water partition coefficient (Wildman–Crippen LogP) is 4.11. The summed E-state index contributed by atoms with van der Waals surface area (Å²) in [6.45, 7) is 8.73. The lowest BCUT2D eigenvalue weighted by Gasteiger charge is -2.37. The molecule has 1 aliphatic heterocycles. The van der Waals surface area contributed by atoms with Crippen LogP contribution in [0.3, 0.4) is 0 Å². The van der Waals surface area contributed by atoms with E-state index in [1.54, 1.807) is 16.7 Å². The maximum atomic E-state index is 13.4. The number of hydrogen-bond acceptors (Lipinski definition) is 5. The van der Waals surface area contributed by atoms with Crippen LogP contribution in [-0.4, -0.2) is 71.4 Å². The van der Waals surface area contributed by atoms with Gasteiger partial charge in [0, 0.05) is 51.1 Å². The van der Waals surface area contributed by atoms with Crippen molar-refractivity contribution in [2.24, 2.45) is 5.92 Å². The van der Waals surface area contributed by atoms with Crippen LogP contribution in [0.5, 0.6) is 0 Å². The minimum atomic E-state index is -0.706. The van der Waals surface area contributed by atoms with Gasteiger partial charge in [-0.15, -0.1) is 0 Å². The molecule has 210 valence electrons. The van der Waals surface area contributed by atoms with Gasteiger partial charge in [0.25, 0.3) is 0 Å². The van der Waals surface area contributed by atoms with E-state index in [1.807, 2.05) is 45.0 Å². The number of hydrogen-bond donors (Lipinski definition) is 2. The maximum absolute atomic E-state index is 13.4. The van der Waals surface area contributed by atoms with Crippen LogP contribution in [0.1, 0.15) is 78.2 Å². The number of anilines is 1. The Morgan fingerprint density at radius 3 is 2.11 bits per heavy atom. The third-order valence-electron chi connectivity index (χ3n) is 7.07. The van der Waals surface area contributed by atoms with Crippen LogP contribution >= 0.6 is 0 Å². The van der Waals surface area contributed by atoms with E-state index < -0.39 is 11.6 Å². The molecule has 0 bridgehead atoms. The van der Waals surface area contributed by atoms with Crippen LogP contribution in [0.2, 0.25) is 0 Å². The third kappa shape index (κ3) is 9.33. The number of piperazine rings is 1. The van der Waals surface area contributed by atoms with Crippen LogP contribution in [0.4, 0.5) is 10.5 Å². The second kappa shape index (κ2) is 13.6. The average Bonchev–Trinajstić information content (AvgIpc) is 2.88. The van der Waals surface area contributed by atoms with Crippen LogP contribution in [-0.2, 0) is 25.5 Å². The molecule has 1 saturated carbocycles. The lowest BCUT2D eigenvalue weighted by Crippen LogP contribution is -2.56. The number of benzene rings is 1. The molecule has 2 aliphatic rings. The van der Waals surface area contributed by atoms with Gasteiger partial charge in [0.2, 0.25) is 17.7 Å². The molecular formula is C29H44N4O5. The van der Waals surface area contributed by atoms with Crippen LogP contribution in [0.15, 0.2) is 24.3 Å². The molecule has 1 saturated heterocycles. The van der Waals surface area contributed by atoms with Gasteiger partial charge >= 0.3 is 6.09 Å². The normalized spacial score (nSPS) is 17.5. The van der Waals surface area contributed by atoms with Crippen molar-refractivity contribution in [2.45, 2.75) is 90.7 Å². The summed E-state index contributed by atoms with van der Waals surface area (Å²) in [5.74, 6) is 0.157. The monoisotopic (exact) mass is 528 g/mol. The first kappa shape index (κ1) is 29.5. The second-order valence-corrected chi connectivity index (χ2v) is 11.4. The number of nitrogens with one attached hydrogen (secondary N) is 2. The number of nitrogens with zero attached hydrogens (tertiary/aromatic N) is 2. The molecule has 1 aromatic carbocycles. The molecule has 4 amide bonds. The molecular weight excluding hydrogens is 484 g/mol. The summed E-state index contributed by atoms with van der Waals surface area (Å²) in [6.07, 6.45) is 6.73. The quantitative estimate of drug-likeness (QED) is 0.528. The molecule has 9 nitrogen and oxygen atoms in total. The zero-order valence-corrected chi connectivity index (χ0v) is 23.4. The summed E-state index contributed by atoms with van der Waals surface area (Å²) in [4.78, 5) is 53.7. The predicted molar refractivity (Wildman–Crippen MR) is 147 cm³/mol. The minimum Gasteiger partial charge on any atom is -0.444 e. The van der Waals surface area contributed by atoms with E-state index in [-0.39, 0.29) is 30.2 Å². The molecule has 0 radical (unpaired) electrons. The Bertz CT molecular complexity index is 958. The lowest BCUT2D eigenvalue weighted by molar-refractivity contribution is -0.137. The van der Waals surface area contributed by atoms with Crippen LogP contribution < -0.4 is 10.6 Å². The van der Waals surface area contributed by atoms with E-state index in [2.05, 4.69) is 10.6 Å². The highest BCUT2D eigenvalue weighted by Crippen LogP contribution is 2.26. The van der Waals surface area contributed by atoms with E-state index in [0.29, 0.717) is 44.9 Å². The first-order valence-corrected chi connectivity index (χ1v) is 14.0. The van der Waals surface area contributed by atoms with E-state index in [1.165, 1.54) is 19.3 Å². The molecule has 1 atom stereocenters. The summed E-state index contributed by atoms with van der Waals surface area (Å²) in [6, 6.07) is 6.75. The van der Waals surface area contributed by atoms with E-state index in [4.69, 9.17) is 4.74 Å². The molecule has 3 rings (SSSR count). The minimum absolute atomic E-state index is 0.0402. The van der Waals surface area contributed by atoms with Crippen molar-refractivity contribution in [3.8, 4) is 0 Å². The Morgan fingerprint density at radius 1 is 0.921 bits per heavy atom. The number of rotatable bonds is 8. The lowest BCUT2D eigenvalue weighted by atomic mass is 9.87. The number of amides is 4. The fraction of sp³-hybridized carbons (Fsp3) is 0.655. The average molecular weight is 529 g/mol. The largest absolute Gasteiger partial charge is 0.444 e. The molecule has 1 aliphatic carbocycles. The van der Waals surface area contributed by atoms with E-state index in [0.717, 1.165) is 24.1 Å². The Labute approximate surface area is 226 Å². The highest BCUT2D eigenvalue weighted by molar-refractivity contribution is 5.91. The van der Waals surface area contributed by atoms with Gasteiger partial charge in [0.15, 0.2) is 0 Å². The smallest absolute Gasteiger partial charge is 0.410 e. The Kier molecular flexibility index (Phi) is 10.6. The van der Waals surface area contributed by atoms with Crippen molar-refractivity contribution in [3.05, 3.63) is 29.8 Å². The summed E-state index contributed by atoms with van der Waals surface area (Å²) in [7, 11) is 0. The van der Waals surface area contributed by atoms with Gasteiger partial charge in [-0.25, -0.2) is 4.79 Å². The number of carbonyl (C=O) groups excluding carboxylic acids is 4. The molecule has 2 fully saturated rings. The highest BCUT2D eigenvalue weighted by Gasteiger charge is 2.31. The first-order chi connectivity index (χ1) is 18.0. The third-order valence-corrected chi connectivity index (χ3v) is 7.07. The summed E-state index contributed by atoms with van der Waals surface area (Å²) < 4.78 is 5.44. The van der Waals surface area contributed by atoms with Crippen molar-refractivity contribution in [1.82, 2.24) is 15.1 Å². The van der Waals surface area contributed by atoms with Crippen molar-refractivity contribution in [1.29, 1.82) is 0 Å². The molecule has 1 heterocycles.